The maximum Gasteiger partial charge on any atom is 0.346 e. The van der Waals surface area contributed by atoms with Crippen LogP contribution in [0.2, 0.25) is 0 Å². The van der Waals surface area contributed by atoms with Gasteiger partial charge >= 0.3 is 5.97 Å². The topological polar surface area (TPSA) is 92.8 Å². The number of fused-ring (bicyclic) bond motifs is 1. The van der Waals surface area contributed by atoms with E-state index >= 15 is 0 Å². The summed E-state index contributed by atoms with van der Waals surface area (Å²) in [7, 11) is 0. The molecule has 324 valence electrons. The number of carboxylic acids is 1. The predicted molar refractivity (Wildman–Crippen MR) is 273 cm³/mol. The van der Waals surface area contributed by atoms with Crippen LogP contribution in [-0.4, -0.2) is 21.8 Å². The molecule has 0 bridgehead atoms. The van der Waals surface area contributed by atoms with Gasteiger partial charge in [0.05, 0.1) is 32.5 Å². The lowest BCUT2D eigenvalue weighted by Gasteiger charge is -2.27. The van der Waals surface area contributed by atoms with Gasteiger partial charge in [-0.15, -0.1) is 34.0 Å². The van der Waals surface area contributed by atoms with Gasteiger partial charge in [-0.1, -0.05) is 79.8 Å². The highest BCUT2D eigenvalue weighted by molar-refractivity contribution is 7.23. The molecule has 1 unspecified atom stereocenters. The Kier molecular flexibility index (Phi) is 12.9. The Bertz CT molecular complexity index is 3030. The van der Waals surface area contributed by atoms with Gasteiger partial charge in [0.2, 0.25) is 0 Å². The minimum atomic E-state index is -1.22. The first-order valence-corrected chi connectivity index (χ1v) is 24.5. The molecule has 1 N–H and O–H groups in total. The molecule has 65 heavy (non-hydrogen) atoms. The highest BCUT2D eigenvalue weighted by atomic mass is 32.1. The van der Waals surface area contributed by atoms with E-state index in [0.717, 1.165) is 84.9 Å². The lowest BCUT2D eigenvalue weighted by molar-refractivity contribution is -0.132. The molecule has 7 nitrogen and oxygen atoms in total. The average Bonchev–Trinajstić information content (AvgIpc) is 4.15. The molecule has 1 aliphatic rings. The molecule has 0 fully saturated rings. The largest absolute Gasteiger partial charge is 0.477 e. The number of nitriles is 1. The molecule has 3 aromatic heterocycles. The fourth-order valence-electron chi connectivity index (χ4n) is 8.29. The van der Waals surface area contributed by atoms with E-state index < -0.39 is 5.97 Å². The Hall–Kier alpha value is -6.64. The van der Waals surface area contributed by atoms with Crippen LogP contribution in [0.25, 0.3) is 36.6 Å². The summed E-state index contributed by atoms with van der Waals surface area (Å²) < 4.78 is 1.19. The summed E-state index contributed by atoms with van der Waals surface area (Å²) in [6, 6.07) is 49.5. The van der Waals surface area contributed by atoms with Crippen LogP contribution >= 0.6 is 34.0 Å². The zero-order valence-corrected chi connectivity index (χ0v) is 39.4. The highest BCUT2D eigenvalue weighted by Gasteiger charge is 2.32. The van der Waals surface area contributed by atoms with Gasteiger partial charge in [-0.05, 0) is 147 Å². The van der Waals surface area contributed by atoms with Crippen LogP contribution in [0.1, 0.15) is 82.6 Å². The molecule has 4 heterocycles. The van der Waals surface area contributed by atoms with Crippen molar-refractivity contribution >= 4 is 84.7 Å². The van der Waals surface area contributed by atoms with Crippen molar-refractivity contribution in [2.24, 2.45) is 5.10 Å². The van der Waals surface area contributed by atoms with Gasteiger partial charge < -0.3 is 10.0 Å². The summed E-state index contributed by atoms with van der Waals surface area (Å²) in [4.78, 5) is 23.0. The molecule has 1 atom stereocenters. The highest BCUT2D eigenvalue weighted by Crippen LogP contribution is 2.44. The van der Waals surface area contributed by atoms with E-state index in [9.17, 15) is 15.2 Å². The zero-order chi connectivity index (χ0) is 45.0. The van der Waals surface area contributed by atoms with Gasteiger partial charge in [0, 0.05) is 43.7 Å². The number of hydrogen-bond acceptors (Lipinski definition) is 9. The van der Waals surface area contributed by atoms with Crippen LogP contribution in [0.5, 0.6) is 0 Å². The molecule has 8 aromatic rings. The fraction of sp³-hybridized carbons (Fsp3) is 0.200. The Labute approximate surface area is 392 Å². The van der Waals surface area contributed by atoms with E-state index in [1.807, 2.05) is 12.1 Å². The molecule has 0 radical (unpaired) electrons. The van der Waals surface area contributed by atoms with Crippen molar-refractivity contribution in [1.82, 2.24) is 4.98 Å². The van der Waals surface area contributed by atoms with Crippen molar-refractivity contribution in [2.45, 2.75) is 72.3 Å². The summed E-state index contributed by atoms with van der Waals surface area (Å²) in [6.45, 7) is 8.58. The first-order valence-electron chi connectivity index (χ1n) is 22.1. The minimum Gasteiger partial charge on any atom is -0.477 e. The second-order valence-electron chi connectivity index (χ2n) is 16.7. The Balaban J connectivity index is 1.09. The molecule has 10 heteroatoms. The van der Waals surface area contributed by atoms with E-state index in [1.165, 1.54) is 67.6 Å². The molecule has 0 saturated carbocycles. The number of nitrogens with zero attached hydrogens (tertiary/aromatic N) is 5. The SMILES string of the molecule is CCCCCCc1cc(C2=NN(c3ccc(-c4nc5ccc(C)cc5s4)cc3)C(c3ccc(N(c4ccc(C)cc4)c4ccc(C)cc4)cc3)C2)sc1-c1ccc(/C=C(\C#N)C(=O)O)s1. The minimum absolute atomic E-state index is 0.0556. The Morgan fingerprint density at radius 2 is 1.43 bits per heavy atom. The maximum absolute atomic E-state index is 11.6. The van der Waals surface area contributed by atoms with Crippen LogP contribution in [0.15, 0.2) is 144 Å². The van der Waals surface area contributed by atoms with Crippen LogP contribution in [0.4, 0.5) is 22.7 Å². The van der Waals surface area contributed by atoms with Crippen molar-refractivity contribution < 1.29 is 9.90 Å². The second kappa shape index (κ2) is 19.2. The average molecular weight is 908 g/mol. The number of anilines is 4. The monoisotopic (exact) mass is 907 g/mol. The third kappa shape index (κ3) is 9.59. The van der Waals surface area contributed by atoms with Gasteiger partial charge in [-0.2, -0.15) is 10.4 Å². The van der Waals surface area contributed by atoms with E-state index in [4.69, 9.17) is 10.1 Å². The van der Waals surface area contributed by atoms with Crippen LogP contribution in [0.3, 0.4) is 0 Å². The molecule has 1 aliphatic heterocycles. The number of unbranched alkanes of at least 4 members (excludes halogenated alkanes) is 3. The lowest BCUT2D eigenvalue weighted by Crippen LogP contribution is -2.18. The van der Waals surface area contributed by atoms with Gasteiger partial charge in [-0.3, -0.25) is 5.01 Å². The Morgan fingerprint density at radius 3 is 2.08 bits per heavy atom. The number of aliphatic carboxylic acids is 1. The maximum atomic E-state index is 11.6. The van der Waals surface area contributed by atoms with E-state index in [2.05, 4.69) is 165 Å². The number of thiophene rings is 2. The third-order valence-electron chi connectivity index (χ3n) is 11.8. The number of hydrogen-bond donors (Lipinski definition) is 1. The summed E-state index contributed by atoms with van der Waals surface area (Å²) >= 11 is 4.99. The van der Waals surface area contributed by atoms with Crippen molar-refractivity contribution in [3.05, 3.63) is 177 Å². The van der Waals surface area contributed by atoms with E-state index in [0.29, 0.717) is 0 Å². The number of carbonyl (C=O) groups is 1. The summed E-state index contributed by atoms with van der Waals surface area (Å²) in [5, 5.41) is 27.6. The van der Waals surface area contributed by atoms with Crippen LogP contribution < -0.4 is 9.91 Å². The molecule has 0 spiro atoms. The number of aryl methyl sites for hydroxylation is 4. The fourth-order valence-corrected chi connectivity index (χ4v) is 11.7. The molecule has 0 aliphatic carbocycles. The number of thiazole rings is 1. The molecule has 5 aromatic carbocycles. The number of carboxylic acid groups (broad SMARTS) is 1. The van der Waals surface area contributed by atoms with Crippen LogP contribution in [-0.2, 0) is 11.2 Å². The third-order valence-corrected chi connectivity index (χ3v) is 15.3. The summed E-state index contributed by atoms with van der Waals surface area (Å²) in [5.41, 5.74) is 13.3. The normalized spacial score (nSPS) is 13.9. The molecule has 0 saturated heterocycles. The molecular weight excluding hydrogens is 859 g/mol. The number of aromatic nitrogens is 1. The van der Waals surface area contributed by atoms with Crippen molar-refractivity contribution in [3.8, 4) is 26.4 Å². The molecular formula is C55H49N5O2S3. The first-order chi connectivity index (χ1) is 31.6. The van der Waals surface area contributed by atoms with Gasteiger partial charge in [0.1, 0.15) is 16.6 Å². The number of benzene rings is 5. The zero-order valence-electron chi connectivity index (χ0n) is 36.9. The van der Waals surface area contributed by atoms with Crippen molar-refractivity contribution in [3.63, 3.8) is 0 Å². The lowest BCUT2D eigenvalue weighted by atomic mass is 9.99. The van der Waals surface area contributed by atoms with Gasteiger partial charge in [0.15, 0.2) is 0 Å². The van der Waals surface area contributed by atoms with Crippen molar-refractivity contribution in [2.75, 3.05) is 9.91 Å². The number of rotatable bonds is 15. The molecule has 9 rings (SSSR count). The first kappa shape index (κ1) is 43.6. The smallest absolute Gasteiger partial charge is 0.346 e. The Morgan fingerprint density at radius 1 is 0.769 bits per heavy atom. The second-order valence-corrected chi connectivity index (χ2v) is 19.9. The standard InChI is InChI=1S/C55H49N5O2S3/c1-5-6-7-8-9-40-32-52(64-53(40)50-29-27-46(63-50)31-41(34-56)55(61)62)48-33-49(60(58-48)45-25-17-39(18-26-45)54-57-47-28-14-37(4)30-51(47)65-54)38-15-23-44(24-16-38)59(42-19-10-35(2)11-20-42)43-21-12-36(3)13-22-43/h10-32,49H,5-9,33H2,1-4H3,(H,61,62)/b41-31+. The summed E-state index contributed by atoms with van der Waals surface area (Å²) in [6.07, 6.45) is 7.73. The summed E-state index contributed by atoms with van der Waals surface area (Å²) in [5.74, 6) is -1.22. The molecule has 0 amide bonds. The predicted octanol–water partition coefficient (Wildman–Crippen LogP) is 15.6. The quantitative estimate of drug-likeness (QED) is 0.0626. The van der Waals surface area contributed by atoms with E-state index in [1.54, 1.807) is 22.7 Å². The van der Waals surface area contributed by atoms with Crippen molar-refractivity contribution in [1.29, 1.82) is 5.26 Å². The van der Waals surface area contributed by atoms with E-state index in [-0.39, 0.29) is 11.6 Å². The van der Waals surface area contributed by atoms with Gasteiger partial charge in [0.25, 0.3) is 0 Å². The van der Waals surface area contributed by atoms with Crippen LogP contribution in [0, 0.1) is 32.1 Å². The van der Waals surface area contributed by atoms with Gasteiger partial charge in [-0.25, -0.2) is 9.78 Å². The number of hydrazone groups is 1.